The number of carbonyl (C=O) groups is 1. The van der Waals surface area contributed by atoms with Gasteiger partial charge in [-0.1, -0.05) is 48.0 Å². The number of hydrogen-bond donors (Lipinski definition) is 1. The van der Waals surface area contributed by atoms with E-state index in [2.05, 4.69) is 52.5 Å². The lowest BCUT2D eigenvalue weighted by atomic mass is 10.1. The Bertz CT molecular complexity index is 920. The van der Waals surface area contributed by atoms with Gasteiger partial charge >= 0.3 is 0 Å². The second-order valence-electron chi connectivity index (χ2n) is 6.46. The Morgan fingerprint density at radius 1 is 1.08 bits per heavy atom. The summed E-state index contributed by atoms with van der Waals surface area (Å²) < 4.78 is 0. The molecule has 0 saturated heterocycles. The summed E-state index contributed by atoms with van der Waals surface area (Å²) >= 11 is 0. The normalized spacial score (nSPS) is 12.7. The number of carbonyl (C=O) groups excluding carboxylic acids is 1. The number of anilines is 2. The Morgan fingerprint density at radius 3 is 2.65 bits per heavy atom. The molecule has 1 amide bonds. The summed E-state index contributed by atoms with van der Waals surface area (Å²) in [4.78, 5) is 23.2. The van der Waals surface area contributed by atoms with Crippen molar-refractivity contribution in [1.82, 2.24) is 9.97 Å². The number of aromatic nitrogens is 2. The molecule has 2 heterocycles. The average molecular weight is 344 g/mol. The third kappa shape index (κ3) is 3.28. The van der Waals surface area contributed by atoms with Crippen LogP contribution < -0.4 is 10.2 Å². The largest absolute Gasteiger partial charge is 0.365 e. The number of aryl methyl sites for hydroxylation is 1. The minimum atomic E-state index is -0.104. The minimum Gasteiger partial charge on any atom is -0.365 e. The molecular weight excluding hydrogens is 324 g/mol. The molecule has 0 bridgehead atoms. The van der Waals surface area contributed by atoms with Crippen LogP contribution in [-0.2, 0) is 13.0 Å². The van der Waals surface area contributed by atoms with Crippen molar-refractivity contribution < 1.29 is 4.79 Å². The number of hydrogen-bond acceptors (Lipinski definition) is 4. The third-order valence-corrected chi connectivity index (χ3v) is 4.60. The molecule has 1 aromatic heterocycles. The first kappa shape index (κ1) is 16.3. The molecule has 4 rings (SSSR count). The zero-order chi connectivity index (χ0) is 17.9. The summed E-state index contributed by atoms with van der Waals surface area (Å²) in [6, 6.07) is 16.3. The third-order valence-electron chi connectivity index (χ3n) is 4.60. The summed E-state index contributed by atoms with van der Waals surface area (Å²) in [5.41, 5.74) is 4.94. The molecule has 0 radical (unpaired) electrons. The van der Waals surface area contributed by atoms with E-state index in [4.69, 9.17) is 0 Å². The SMILES string of the molecule is Cc1ccc(CNc2cnc(C(=O)N3CCc4ccccc43)cn2)cc1. The molecule has 130 valence electrons. The molecule has 0 aliphatic carbocycles. The van der Waals surface area contributed by atoms with E-state index in [0.29, 0.717) is 24.6 Å². The number of nitrogens with one attached hydrogen (secondary N) is 1. The van der Waals surface area contributed by atoms with Crippen LogP contribution >= 0.6 is 0 Å². The van der Waals surface area contributed by atoms with Gasteiger partial charge in [-0.2, -0.15) is 0 Å². The second kappa shape index (κ2) is 6.96. The summed E-state index contributed by atoms with van der Waals surface area (Å²) in [5, 5.41) is 3.23. The Hall–Kier alpha value is -3.21. The maximum atomic E-state index is 12.7. The summed E-state index contributed by atoms with van der Waals surface area (Å²) in [6.07, 6.45) is 4.04. The number of rotatable bonds is 4. The summed E-state index contributed by atoms with van der Waals surface area (Å²) in [7, 11) is 0. The molecule has 0 unspecified atom stereocenters. The van der Waals surface area contributed by atoms with E-state index < -0.39 is 0 Å². The van der Waals surface area contributed by atoms with Crippen LogP contribution in [0.15, 0.2) is 60.9 Å². The van der Waals surface area contributed by atoms with Crippen LogP contribution in [0.25, 0.3) is 0 Å². The van der Waals surface area contributed by atoms with Crippen LogP contribution in [0.1, 0.15) is 27.2 Å². The van der Waals surface area contributed by atoms with Crippen LogP contribution in [0.4, 0.5) is 11.5 Å². The van der Waals surface area contributed by atoms with Crippen LogP contribution in [0.2, 0.25) is 0 Å². The van der Waals surface area contributed by atoms with Crippen molar-refractivity contribution in [3.8, 4) is 0 Å². The summed E-state index contributed by atoms with van der Waals surface area (Å²) in [5.74, 6) is 0.552. The highest BCUT2D eigenvalue weighted by Crippen LogP contribution is 2.28. The second-order valence-corrected chi connectivity index (χ2v) is 6.46. The molecule has 0 saturated carbocycles. The van der Waals surface area contributed by atoms with Crippen LogP contribution in [0, 0.1) is 6.92 Å². The zero-order valence-corrected chi connectivity index (χ0v) is 14.6. The maximum Gasteiger partial charge on any atom is 0.278 e. The van der Waals surface area contributed by atoms with Gasteiger partial charge in [0.25, 0.3) is 5.91 Å². The Kier molecular flexibility index (Phi) is 4.35. The van der Waals surface area contributed by atoms with Crippen LogP contribution in [0.3, 0.4) is 0 Å². The smallest absolute Gasteiger partial charge is 0.278 e. The van der Waals surface area contributed by atoms with Crippen molar-refractivity contribution in [1.29, 1.82) is 0 Å². The molecule has 26 heavy (non-hydrogen) atoms. The zero-order valence-electron chi connectivity index (χ0n) is 14.6. The first-order valence-corrected chi connectivity index (χ1v) is 8.72. The fourth-order valence-electron chi connectivity index (χ4n) is 3.12. The van der Waals surface area contributed by atoms with E-state index in [1.54, 1.807) is 17.3 Å². The molecule has 2 aromatic carbocycles. The molecule has 1 N–H and O–H groups in total. The van der Waals surface area contributed by atoms with Gasteiger partial charge in [0.1, 0.15) is 11.5 Å². The van der Waals surface area contributed by atoms with Crippen molar-refractivity contribution in [2.45, 2.75) is 19.9 Å². The van der Waals surface area contributed by atoms with Gasteiger partial charge in [-0.25, -0.2) is 9.97 Å². The number of benzene rings is 2. The number of amides is 1. The molecule has 3 aromatic rings. The maximum absolute atomic E-state index is 12.7. The van der Waals surface area contributed by atoms with E-state index in [0.717, 1.165) is 12.1 Å². The van der Waals surface area contributed by atoms with Gasteiger partial charge in [-0.15, -0.1) is 0 Å². The molecule has 1 aliphatic heterocycles. The first-order valence-electron chi connectivity index (χ1n) is 8.72. The van der Waals surface area contributed by atoms with E-state index in [-0.39, 0.29) is 5.91 Å². The van der Waals surface area contributed by atoms with E-state index in [1.807, 2.05) is 18.2 Å². The van der Waals surface area contributed by atoms with Crippen molar-refractivity contribution >= 4 is 17.4 Å². The molecule has 0 fully saturated rings. The Balaban J connectivity index is 1.43. The molecule has 0 atom stereocenters. The predicted octanol–water partition coefficient (Wildman–Crippen LogP) is 3.60. The number of fused-ring (bicyclic) bond motifs is 1. The van der Waals surface area contributed by atoms with Crippen molar-refractivity contribution in [2.24, 2.45) is 0 Å². The lowest BCUT2D eigenvalue weighted by Gasteiger charge is -2.16. The van der Waals surface area contributed by atoms with Gasteiger partial charge < -0.3 is 10.2 Å². The van der Waals surface area contributed by atoms with Gasteiger partial charge in [0.15, 0.2) is 0 Å². The van der Waals surface area contributed by atoms with E-state index >= 15 is 0 Å². The Morgan fingerprint density at radius 2 is 1.88 bits per heavy atom. The number of nitrogens with zero attached hydrogens (tertiary/aromatic N) is 3. The van der Waals surface area contributed by atoms with Crippen LogP contribution in [-0.4, -0.2) is 22.4 Å². The topological polar surface area (TPSA) is 58.1 Å². The standard InChI is InChI=1S/C21H20N4O/c1-15-6-8-16(9-7-15)12-23-20-14-22-18(13-24-20)21(26)25-11-10-17-4-2-3-5-19(17)25/h2-9,13-14H,10-12H2,1H3,(H,23,24). The quantitative estimate of drug-likeness (QED) is 0.786. The van der Waals surface area contributed by atoms with Crippen molar-refractivity contribution in [3.05, 3.63) is 83.3 Å². The highest BCUT2D eigenvalue weighted by atomic mass is 16.2. The van der Waals surface area contributed by atoms with Gasteiger partial charge in [-0.3, -0.25) is 4.79 Å². The molecule has 5 heteroatoms. The van der Waals surface area contributed by atoms with E-state index in [9.17, 15) is 4.79 Å². The Labute approximate surface area is 152 Å². The molecule has 5 nitrogen and oxygen atoms in total. The molecule has 1 aliphatic rings. The lowest BCUT2D eigenvalue weighted by Crippen LogP contribution is -2.29. The van der Waals surface area contributed by atoms with E-state index in [1.165, 1.54) is 16.7 Å². The highest BCUT2D eigenvalue weighted by Gasteiger charge is 2.26. The highest BCUT2D eigenvalue weighted by molar-refractivity contribution is 6.05. The van der Waals surface area contributed by atoms with Gasteiger partial charge in [0, 0.05) is 18.8 Å². The predicted molar refractivity (Wildman–Crippen MR) is 102 cm³/mol. The lowest BCUT2D eigenvalue weighted by molar-refractivity contribution is 0.0984. The molecule has 0 spiro atoms. The fraction of sp³-hybridized carbons (Fsp3) is 0.190. The van der Waals surface area contributed by atoms with Gasteiger partial charge in [0.05, 0.1) is 12.4 Å². The molecular formula is C21H20N4O. The summed E-state index contributed by atoms with van der Waals surface area (Å²) in [6.45, 7) is 3.42. The van der Waals surface area contributed by atoms with Gasteiger partial charge in [0.2, 0.25) is 0 Å². The van der Waals surface area contributed by atoms with Gasteiger partial charge in [-0.05, 0) is 30.5 Å². The number of para-hydroxylation sites is 1. The van der Waals surface area contributed by atoms with Crippen LogP contribution in [0.5, 0.6) is 0 Å². The minimum absolute atomic E-state index is 0.104. The van der Waals surface area contributed by atoms with Crippen molar-refractivity contribution in [3.63, 3.8) is 0 Å². The average Bonchev–Trinajstić information content (AvgIpc) is 3.11. The first-order chi connectivity index (χ1) is 12.7. The monoisotopic (exact) mass is 344 g/mol. The van der Waals surface area contributed by atoms with Crippen molar-refractivity contribution in [2.75, 3.05) is 16.8 Å². The fourth-order valence-corrected chi connectivity index (χ4v) is 3.12.